The molecule has 0 saturated heterocycles. The third kappa shape index (κ3) is 5.63. The van der Waals surface area contributed by atoms with E-state index in [-0.39, 0.29) is 11.4 Å². The fraction of sp³-hybridized carbons (Fsp3) is 0.273. The van der Waals surface area contributed by atoms with Gasteiger partial charge in [-0.05, 0) is 91.8 Å². The highest BCUT2D eigenvalue weighted by Crippen LogP contribution is 2.35. The second kappa shape index (κ2) is 10.7. The van der Waals surface area contributed by atoms with Crippen LogP contribution in [-0.2, 0) is 18.3 Å². The molecule has 2 aromatic carbocycles. The number of carbonyl (C=O) groups excluding carboxylic acids is 1. The molecule has 1 aliphatic rings. The summed E-state index contributed by atoms with van der Waals surface area (Å²) in [7, 11) is 0. The van der Waals surface area contributed by atoms with Crippen molar-refractivity contribution >= 4 is 28.6 Å². The van der Waals surface area contributed by atoms with E-state index < -0.39 is 0 Å². The topological polar surface area (TPSA) is 94.0 Å². The molecule has 6 rings (SSSR count). The number of carbonyl (C=O) groups is 1. The van der Waals surface area contributed by atoms with E-state index in [2.05, 4.69) is 41.4 Å². The fourth-order valence-corrected chi connectivity index (χ4v) is 5.20. The van der Waals surface area contributed by atoms with Crippen molar-refractivity contribution in [2.24, 2.45) is 0 Å². The predicted octanol–water partition coefficient (Wildman–Crippen LogP) is 7.74. The molecule has 0 bridgehead atoms. The molecular weight excluding hydrogens is 512 g/mol. The Bertz CT molecular complexity index is 1730. The summed E-state index contributed by atoms with van der Waals surface area (Å²) in [6.07, 6.45) is 8.08. The first-order chi connectivity index (χ1) is 19.7. The van der Waals surface area contributed by atoms with Crippen molar-refractivity contribution in [1.82, 2.24) is 19.7 Å². The minimum Gasteiger partial charge on any atom is -0.457 e. The number of urea groups is 1. The lowest BCUT2D eigenvalue weighted by Crippen LogP contribution is -2.21. The Kier molecular flexibility index (Phi) is 6.91. The van der Waals surface area contributed by atoms with Gasteiger partial charge >= 0.3 is 6.03 Å². The van der Waals surface area contributed by atoms with E-state index in [1.807, 2.05) is 73.8 Å². The lowest BCUT2D eigenvalue weighted by Gasteiger charge is -2.18. The summed E-state index contributed by atoms with van der Waals surface area (Å²) in [5.41, 5.74) is 6.64. The average molecular weight is 547 g/mol. The van der Waals surface area contributed by atoms with Crippen LogP contribution >= 0.6 is 0 Å². The van der Waals surface area contributed by atoms with Gasteiger partial charge in [-0.3, -0.25) is 5.32 Å². The second-order valence-electron chi connectivity index (χ2n) is 11.6. The molecule has 8 heteroatoms. The maximum atomic E-state index is 13.0. The molecule has 0 spiro atoms. The zero-order chi connectivity index (χ0) is 28.6. The second-order valence-corrected chi connectivity index (χ2v) is 11.6. The third-order valence-electron chi connectivity index (χ3n) is 7.35. The van der Waals surface area contributed by atoms with Crippen molar-refractivity contribution in [3.8, 4) is 17.2 Å². The molecule has 1 aliphatic carbocycles. The summed E-state index contributed by atoms with van der Waals surface area (Å²) in [6.45, 7) is 8.34. The Labute approximate surface area is 239 Å². The lowest BCUT2D eigenvalue weighted by atomic mass is 9.91. The van der Waals surface area contributed by atoms with Crippen LogP contribution in [0, 0.1) is 6.92 Å². The molecule has 0 aliphatic heterocycles. The molecule has 2 N–H and O–H groups in total. The van der Waals surface area contributed by atoms with Crippen molar-refractivity contribution in [2.75, 3.05) is 10.6 Å². The summed E-state index contributed by atoms with van der Waals surface area (Å²) >= 11 is 0. The van der Waals surface area contributed by atoms with E-state index >= 15 is 0 Å². The number of fused-ring (bicyclic) bond motifs is 3. The van der Waals surface area contributed by atoms with Crippen molar-refractivity contribution in [1.29, 1.82) is 0 Å². The van der Waals surface area contributed by atoms with E-state index in [0.717, 1.165) is 47.3 Å². The monoisotopic (exact) mass is 546 g/mol. The summed E-state index contributed by atoms with van der Waals surface area (Å²) in [5, 5.41) is 11.7. The van der Waals surface area contributed by atoms with Crippen LogP contribution in [0.1, 0.15) is 56.0 Å². The average Bonchev–Trinajstić information content (AvgIpc) is 3.38. The molecule has 8 nitrogen and oxygen atoms in total. The highest BCUT2D eigenvalue weighted by Gasteiger charge is 2.22. The van der Waals surface area contributed by atoms with Crippen molar-refractivity contribution in [3.63, 3.8) is 0 Å². The number of aryl methyl sites for hydroxylation is 3. The van der Waals surface area contributed by atoms with Gasteiger partial charge in [0.2, 0.25) is 0 Å². The SMILES string of the molecule is Cc1cccc(-n2nc(C(C)(C)C)cc2NC(=O)Nc2ccc(Oc3ccnc4ncc5c(c34)CCCC5)cc2)c1. The molecule has 2 amide bonds. The number of pyridine rings is 2. The molecule has 5 aromatic rings. The number of benzene rings is 2. The quantitative estimate of drug-likeness (QED) is 0.235. The Hall–Kier alpha value is -4.72. The molecule has 0 saturated carbocycles. The van der Waals surface area contributed by atoms with Crippen LogP contribution < -0.4 is 15.4 Å². The first-order valence-corrected chi connectivity index (χ1v) is 14.0. The van der Waals surface area contributed by atoms with Gasteiger partial charge in [-0.25, -0.2) is 19.4 Å². The maximum Gasteiger partial charge on any atom is 0.324 e. The van der Waals surface area contributed by atoms with Crippen LogP contribution in [0.2, 0.25) is 0 Å². The molecule has 0 radical (unpaired) electrons. The normalized spacial score (nSPS) is 13.1. The number of hydrogen-bond donors (Lipinski definition) is 2. The van der Waals surface area contributed by atoms with Crippen LogP contribution in [0.25, 0.3) is 16.7 Å². The smallest absolute Gasteiger partial charge is 0.324 e. The van der Waals surface area contributed by atoms with Gasteiger partial charge in [-0.15, -0.1) is 0 Å². The number of amides is 2. The largest absolute Gasteiger partial charge is 0.457 e. The van der Waals surface area contributed by atoms with Gasteiger partial charge in [0.15, 0.2) is 5.65 Å². The minimum absolute atomic E-state index is 0.173. The van der Waals surface area contributed by atoms with E-state index in [4.69, 9.17) is 9.84 Å². The lowest BCUT2D eigenvalue weighted by molar-refractivity contribution is 0.262. The van der Waals surface area contributed by atoms with E-state index in [1.165, 1.54) is 17.5 Å². The van der Waals surface area contributed by atoms with E-state index in [9.17, 15) is 4.79 Å². The van der Waals surface area contributed by atoms with Gasteiger partial charge < -0.3 is 10.1 Å². The van der Waals surface area contributed by atoms with Gasteiger partial charge in [0, 0.05) is 29.6 Å². The first kappa shape index (κ1) is 26.5. The number of anilines is 2. The fourth-order valence-electron chi connectivity index (χ4n) is 5.20. The number of nitrogens with zero attached hydrogens (tertiary/aromatic N) is 4. The maximum absolute atomic E-state index is 13.0. The number of ether oxygens (including phenoxy) is 1. The molecular formula is C33H34N6O2. The number of nitrogens with one attached hydrogen (secondary N) is 2. The molecule has 0 unspecified atom stereocenters. The molecule has 0 fully saturated rings. The molecule has 208 valence electrons. The zero-order valence-corrected chi connectivity index (χ0v) is 23.9. The van der Waals surface area contributed by atoms with Crippen molar-refractivity contribution in [2.45, 2.75) is 58.8 Å². The molecule has 3 aromatic heterocycles. The van der Waals surface area contributed by atoms with Gasteiger partial charge in [0.1, 0.15) is 17.3 Å². The van der Waals surface area contributed by atoms with Crippen molar-refractivity contribution in [3.05, 3.63) is 95.4 Å². The first-order valence-electron chi connectivity index (χ1n) is 14.0. The summed E-state index contributed by atoms with van der Waals surface area (Å²) in [5.74, 6) is 2.02. The number of rotatable bonds is 5. The summed E-state index contributed by atoms with van der Waals surface area (Å²) in [4.78, 5) is 22.1. The molecule has 3 heterocycles. The standard InChI is InChI=1S/C33H34N6O2/c1-21-8-7-10-24(18-21)39-29(19-28(38-39)33(2,3)4)37-32(40)36-23-12-14-25(15-13-23)41-27-16-17-34-31-30(27)26-11-6-5-9-22(26)20-35-31/h7-8,10,12-20H,5-6,9,11H2,1-4H3,(H2,36,37,40). The van der Waals surface area contributed by atoms with Crippen LogP contribution in [0.5, 0.6) is 11.5 Å². The highest BCUT2D eigenvalue weighted by atomic mass is 16.5. The van der Waals surface area contributed by atoms with Crippen LogP contribution in [0.15, 0.2) is 73.1 Å². The van der Waals surface area contributed by atoms with Crippen LogP contribution in [0.4, 0.5) is 16.3 Å². The Morgan fingerprint density at radius 1 is 0.951 bits per heavy atom. The number of aromatic nitrogens is 4. The van der Waals surface area contributed by atoms with E-state index in [0.29, 0.717) is 22.9 Å². The summed E-state index contributed by atoms with van der Waals surface area (Å²) in [6, 6.07) is 18.8. The predicted molar refractivity (Wildman–Crippen MR) is 162 cm³/mol. The third-order valence-corrected chi connectivity index (χ3v) is 7.35. The van der Waals surface area contributed by atoms with Gasteiger partial charge in [-0.2, -0.15) is 5.10 Å². The van der Waals surface area contributed by atoms with Crippen LogP contribution in [0.3, 0.4) is 0 Å². The van der Waals surface area contributed by atoms with Crippen molar-refractivity contribution < 1.29 is 9.53 Å². The highest BCUT2D eigenvalue weighted by molar-refractivity contribution is 5.99. The van der Waals surface area contributed by atoms with Gasteiger partial charge in [-0.1, -0.05) is 32.9 Å². The van der Waals surface area contributed by atoms with E-state index in [1.54, 1.807) is 10.9 Å². The van der Waals surface area contributed by atoms with Gasteiger partial charge in [0.25, 0.3) is 0 Å². The Balaban J connectivity index is 1.19. The molecule has 41 heavy (non-hydrogen) atoms. The molecule has 0 atom stereocenters. The summed E-state index contributed by atoms with van der Waals surface area (Å²) < 4.78 is 8.08. The zero-order valence-electron chi connectivity index (χ0n) is 23.9. The Morgan fingerprint density at radius 2 is 1.76 bits per heavy atom. The minimum atomic E-state index is -0.356. The van der Waals surface area contributed by atoms with Crippen LogP contribution in [-0.4, -0.2) is 25.8 Å². The number of hydrogen-bond acceptors (Lipinski definition) is 5. The van der Waals surface area contributed by atoms with Gasteiger partial charge in [0.05, 0.1) is 16.8 Å². The Morgan fingerprint density at radius 3 is 2.54 bits per heavy atom.